The van der Waals surface area contributed by atoms with Crippen molar-refractivity contribution in [3.05, 3.63) is 0 Å². The molecule has 90 valence electrons. The van der Waals surface area contributed by atoms with Crippen molar-refractivity contribution >= 4 is 5.71 Å². The maximum atomic E-state index is 7.85. The Morgan fingerprint density at radius 3 is 2.00 bits per heavy atom. The van der Waals surface area contributed by atoms with Crippen LogP contribution in [0.15, 0.2) is 0 Å². The highest BCUT2D eigenvalue weighted by molar-refractivity contribution is 5.84. The van der Waals surface area contributed by atoms with Crippen molar-refractivity contribution < 1.29 is 5.11 Å². The molecule has 1 fully saturated rings. The fraction of sp³-hybridized carbons (Fsp3) is 0.923. The lowest BCUT2D eigenvalue weighted by Gasteiger charge is -2.45. The molecule has 1 rings (SSSR count). The second-order valence-corrected chi connectivity index (χ2v) is 6.04. The largest absolute Gasteiger partial charge is 0.400 e. The molecule has 1 saturated carbocycles. The van der Waals surface area contributed by atoms with Gasteiger partial charge in [-0.25, -0.2) is 0 Å². The average Bonchev–Trinajstić information content (AvgIpc) is 2.02. The normalized spacial score (nSPS) is 33.9. The summed E-state index contributed by atoms with van der Waals surface area (Å²) < 4.78 is 0. The average molecular weight is 213 g/mol. The molecule has 0 spiro atoms. The maximum absolute atomic E-state index is 7.85. The smallest absolute Gasteiger partial charge is 0.0319 e. The third-order valence-corrected chi connectivity index (χ3v) is 3.47. The minimum Gasteiger partial charge on any atom is -0.400 e. The number of hydrogen-bond acceptors (Lipinski definition) is 2. The lowest BCUT2D eigenvalue weighted by atomic mass is 9.59. The fourth-order valence-corrected chi connectivity index (χ4v) is 3.27. The number of rotatable bonds is 1. The fourth-order valence-electron chi connectivity index (χ4n) is 3.27. The third kappa shape index (κ3) is 3.94. The predicted molar refractivity (Wildman–Crippen MR) is 66.4 cm³/mol. The van der Waals surface area contributed by atoms with Crippen molar-refractivity contribution in [1.29, 1.82) is 5.41 Å². The van der Waals surface area contributed by atoms with E-state index >= 15 is 0 Å². The van der Waals surface area contributed by atoms with Gasteiger partial charge in [0.15, 0.2) is 0 Å². The van der Waals surface area contributed by atoms with E-state index in [9.17, 15) is 0 Å². The molecule has 0 aromatic heterocycles. The summed E-state index contributed by atoms with van der Waals surface area (Å²) in [5, 5.41) is 14.9. The summed E-state index contributed by atoms with van der Waals surface area (Å²) in [4.78, 5) is 0. The summed E-state index contributed by atoms with van der Waals surface area (Å²) in [5.74, 6) is 0.772. The molecule has 0 bridgehead atoms. The first-order chi connectivity index (χ1) is 6.75. The molecule has 15 heavy (non-hydrogen) atoms. The van der Waals surface area contributed by atoms with Crippen LogP contribution in [0, 0.1) is 22.2 Å². The molecule has 2 atom stereocenters. The van der Waals surface area contributed by atoms with Crippen molar-refractivity contribution in [2.45, 2.75) is 53.9 Å². The van der Waals surface area contributed by atoms with Crippen LogP contribution in [-0.2, 0) is 0 Å². The van der Waals surface area contributed by atoms with Crippen LogP contribution in [0.4, 0.5) is 0 Å². The molecule has 0 aliphatic heterocycles. The van der Waals surface area contributed by atoms with E-state index < -0.39 is 0 Å². The molecule has 2 heteroatoms. The zero-order chi connectivity index (χ0) is 12.3. The molecule has 0 aromatic carbocycles. The second kappa shape index (κ2) is 5.11. The van der Waals surface area contributed by atoms with Gasteiger partial charge in [-0.05, 0) is 37.5 Å². The maximum Gasteiger partial charge on any atom is 0.0319 e. The van der Waals surface area contributed by atoms with Crippen molar-refractivity contribution in [1.82, 2.24) is 0 Å². The Hall–Kier alpha value is -0.370. The van der Waals surface area contributed by atoms with Gasteiger partial charge in [0, 0.05) is 18.2 Å². The monoisotopic (exact) mass is 213 g/mol. The summed E-state index contributed by atoms with van der Waals surface area (Å²) in [6.07, 6.45) is 3.70. The van der Waals surface area contributed by atoms with E-state index in [1.54, 1.807) is 0 Å². The van der Waals surface area contributed by atoms with E-state index in [0.717, 1.165) is 18.7 Å². The molecule has 0 heterocycles. The predicted octanol–water partition coefficient (Wildman–Crippen LogP) is 3.49. The van der Waals surface area contributed by atoms with Crippen LogP contribution in [0.5, 0.6) is 0 Å². The Morgan fingerprint density at radius 2 is 1.67 bits per heavy atom. The van der Waals surface area contributed by atoms with Crippen LogP contribution in [0.1, 0.15) is 53.9 Å². The Kier molecular flexibility index (Phi) is 4.98. The minimum absolute atomic E-state index is 0.168. The number of aliphatic hydroxyl groups excluding tert-OH is 1. The molecule has 2 nitrogen and oxygen atoms in total. The molecule has 0 amide bonds. The molecule has 2 N–H and O–H groups in total. The Labute approximate surface area is 94.6 Å². The van der Waals surface area contributed by atoms with E-state index in [1.165, 1.54) is 19.3 Å². The SMILES string of the molecule is CC(=N)C1(C)CC(C)CC(C)(C)C1.CO. The zero-order valence-corrected chi connectivity index (χ0v) is 11.1. The van der Waals surface area contributed by atoms with E-state index in [1.807, 2.05) is 6.92 Å². The summed E-state index contributed by atoms with van der Waals surface area (Å²) in [6.45, 7) is 11.2. The van der Waals surface area contributed by atoms with Crippen LogP contribution in [0.3, 0.4) is 0 Å². The van der Waals surface area contributed by atoms with E-state index in [-0.39, 0.29) is 5.41 Å². The lowest BCUT2D eigenvalue weighted by Crippen LogP contribution is -2.38. The Balaban J connectivity index is 0.000000921. The zero-order valence-electron chi connectivity index (χ0n) is 11.1. The molecule has 1 aliphatic carbocycles. The van der Waals surface area contributed by atoms with Gasteiger partial charge in [0.2, 0.25) is 0 Å². The van der Waals surface area contributed by atoms with Gasteiger partial charge in [0.1, 0.15) is 0 Å². The van der Waals surface area contributed by atoms with Gasteiger partial charge in [0.05, 0.1) is 0 Å². The third-order valence-electron chi connectivity index (χ3n) is 3.47. The quantitative estimate of drug-likeness (QED) is 0.643. The molecule has 0 aromatic rings. The van der Waals surface area contributed by atoms with Crippen molar-refractivity contribution in [2.24, 2.45) is 16.7 Å². The van der Waals surface area contributed by atoms with Crippen molar-refractivity contribution in [3.8, 4) is 0 Å². The van der Waals surface area contributed by atoms with Crippen molar-refractivity contribution in [3.63, 3.8) is 0 Å². The number of nitrogens with one attached hydrogen (secondary N) is 1. The highest BCUT2D eigenvalue weighted by Gasteiger charge is 2.40. The Morgan fingerprint density at radius 1 is 1.20 bits per heavy atom. The van der Waals surface area contributed by atoms with Crippen LogP contribution in [0.25, 0.3) is 0 Å². The van der Waals surface area contributed by atoms with Gasteiger partial charge in [-0.1, -0.05) is 27.7 Å². The van der Waals surface area contributed by atoms with Gasteiger partial charge in [-0.15, -0.1) is 0 Å². The highest BCUT2D eigenvalue weighted by Crippen LogP contribution is 2.48. The molecule has 0 radical (unpaired) electrons. The molecular formula is C13H27NO. The summed E-state index contributed by atoms with van der Waals surface area (Å²) >= 11 is 0. The van der Waals surface area contributed by atoms with Gasteiger partial charge in [-0.3, -0.25) is 0 Å². The minimum atomic E-state index is 0.168. The van der Waals surface area contributed by atoms with Gasteiger partial charge in [-0.2, -0.15) is 0 Å². The number of aliphatic hydroxyl groups is 1. The Bertz CT molecular complexity index is 223. The molecule has 2 unspecified atom stereocenters. The van der Waals surface area contributed by atoms with Crippen molar-refractivity contribution in [2.75, 3.05) is 7.11 Å². The summed E-state index contributed by atoms with van der Waals surface area (Å²) in [6, 6.07) is 0. The molecule has 0 saturated heterocycles. The van der Waals surface area contributed by atoms with E-state index in [4.69, 9.17) is 10.5 Å². The summed E-state index contributed by atoms with van der Waals surface area (Å²) in [7, 11) is 1.00. The first-order valence-electron chi connectivity index (χ1n) is 5.76. The standard InChI is InChI=1S/C12H23N.CH4O/c1-9-6-11(3,4)8-12(5,7-9)10(2)13;1-2/h9,13H,6-8H2,1-5H3;2H,1H3. The van der Waals surface area contributed by atoms with Gasteiger partial charge in [0.25, 0.3) is 0 Å². The molecule has 1 aliphatic rings. The highest BCUT2D eigenvalue weighted by atomic mass is 16.2. The van der Waals surface area contributed by atoms with Crippen LogP contribution in [0.2, 0.25) is 0 Å². The molecular weight excluding hydrogens is 186 g/mol. The van der Waals surface area contributed by atoms with Crippen LogP contribution < -0.4 is 0 Å². The van der Waals surface area contributed by atoms with E-state index in [2.05, 4.69) is 27.7 Å². The van der Waals surface area contributed by atoms with Crippen LogP contribution >= 0.6 is 0 Å². The second-order valence-electron chi connectivity index (χ2n) is 6.04. The van der Waals surface area contributed by atoms with E-state index in [0.29, 0.717) is 5.41 Å². The topological polar surface area (TPSA) is 44.1 Å². The van der Waals surface area contributed by atoms with Gasteiger partial charge < -0.3 is 10.5 Å². The van der Waals surface area contributed by atoms with Gasteiger partial charge >= 0.3 is 0 Å². The first-order valence-corrected chi connectivity index (χ1v) is 5.76. The number of hydrogen-bond donors (Lipinski definition) is 2. The lowest BCUT2D eigenvalue weighted by molar-refractivity contribution is 0.107. The van der Waals surface area contributed by atoms with Crippen LogP contribution in [-0.4, -0.2) is 17.9 Å². The first kappa shape index (κ1) is 14.6. The summed E-state index contributed by atoms with van der Waals surface area (Å²) in [5.41, 5.74) is 1.46.